The summed E-state index contributed by atoms with van der Waals surface area (Å²) in [6.07, 6.45) is 10.5. The van der Waals surface area contributed by atoms with Crippen molar-refractivity contribution in [2.75, 3.05) is 41.3 Å². The molecule has 3 aromatic rings. The number of aryl methyl sites for hydroxylation is 1. The average molecular weight is 435 g/mol. The molecule has 0 atom stereocenters. The Bertz CT molecular complexity index is 1150. The highest BCUT2D eigenvalue weighted by Crippen LogP contribution is 2.41. The van der Waals surface area contributed by atoms with E-state index in [1.54, 1.807) is 11.1 Å². The first kappa shape index (κ1) is 20.7. The van der Waals surface area contributed by atoms with E-state index in [0.717, 1.165) is 37.6 Å². The van der Waals surface area contributed by atoms with E-state index in [1.807, 2.05) is 43.8 Å². The van der Waals surface area contributed by atoms with Crippen LogP contribution in [0.3, 0.4) is 0 Å². The fourth-order valence-electron chi connectivity index (χ4n) is 4.68. The Labute approximate surface area is 187 Å². The summed E-state index contributed by atoms with van der Waals surface area (Å²) in [6, 6.07) is 1.91. The molecule has 0 aromatic carbocycles. The van der Waals surface area contributed by atoms with Crippen LogP contribution in [-0.2, 0) is 6.42 Å². The molecule has 6 rings (SSSR count). The minimum atomic E-state index is -0.185. The van der Waals surface area contributed by atoms with Crippen LogP contribution >= 0.6 is 0 Å². The zero-order valence-electron chi connectivity index (χ0n) is 18.9. The van der Waals surface area contributed by atoms with Crippen LogP contribution in [0.4, 0.5) is 22.0 Å². The third-order valence-corrected chi connectivity index (χ3v) is 6.35. The molecule has 0 bridgehead atoms. The Balaban J connectivity index is 0.00000105. The van der Waals surface area contributed by atoms with Crippen LogP contribution in [-0.4, -0.2) is 57.1 Å². The maximum absolute atomic E-state index is 13.0. The van der Waals surface area contributed by atoms with Crippen LogP contribution in [0.25, 0.3) is 5.78 Å². The molecule has 9 heteroatoms. The van der Waals surface area contributed by atoms with Gasteiger partial charge >= 0.3 is 6.03 Å². The lowest BCUT2D eigenvalue weighted by Gasteiger charge is -2.36. The van der Waals surface area contributed by atoms with Crippen LogP contribution in [0.15, 0.2) is 30.9 Å². The predicted molar refractivity (Wildman–Crippen MR) is 126 cm³/mol. The average Bonchev–Trinajstić information content (AvgIpc) is 3.22. The lowest BCUT2D eigenvalue weighted by molar-refractivity contribution is 0.257. The summed E-state index contributed by atoms with van der Waals surface area (Å²) in [5, 5.41) is 6.62. The summed E-state index contributed by atoms with van der Waals surface area (Å²) in [5.74, 6) is 1.38. The maximum atomic E-state index is 13.0. The van der Waals surface area contributed by atoms with Gasteiger partial charge in [0.25, 0.3) is 0 Å². The van der Waals surface area contributed by atoms with E-state index in [9.17, 15) is 4.79 Å². The number of rotatable bonds is 2. The molecule has 0 unspecified atom stereocenters. The number of nitrogens with one attached hydrogen (secondary N) is 2. The van der Waals surface area contributed by atoms with E-state index in [0.29, 0.717) is 23.5 Å². The lowest BCUT2D eigenvalue weighted by atomic mass is 10.1. The summed E-state index contributed by atoms with van der Waals surface area (Å²) in [7, 11) is 0. The van der Waals surface area contributed by atoms with Crippen molar-refractivity contribution in [1.29, 1.82) is 0 Å². The maximum Gasteiger partial charge on any atom is 0.327 e. The summed E-state index contributed by atoms with van der Waals surface area (Å²) in [4.78, 5) is 30.4. The number of amides is 2. The number of anilines is 3. The molecule has 2 amide bonds. The van der Waals surface area contributed by atoms with Gasteiger partial charge in [0, 0.05) is 61.6 Å². The fraction of sp³-hybridized carbons (Fsp3) is 0.478. The van der Waals surface area contributed by atoms with Gasteiger partial charge in [-0.25, -0.2) is 19.7 Å². The summed E-state index contributed by atoms with van der Waals surface area (Å²) < 4.78 is 1.82. The Hall–Kier alpha value is -3.20. The van der Waals surface area contributed by atoms with Gasteiger partial charge in [-0.3, -0.25) is 9.30 Å². The van der Waals surface area contributed by atoms with Gasteiger partial charge in [-0.1, -0.05) is 13.8 Å². The molecule has 1 saturated heterocycles. The van der Waals surface area contributed by atoms with Gasteiger partial charge in [0.15, 0.2) is 0 Å². The minimum absolute atomic E-state index is 0.185. The molecule has 0 radical (unpaired) electrons. The number of carbonyl (C=O) groups is 1. The van der Waals surface area contributed by atoms with Crippen molar-refractivity contribution < 1.29 is 4.79 Å². The topological polar surface area (TPSA) is 90.7 Å². The van der Waals surface area contributed by atoms with E-state index in [1.165, 1.54) is 24.1 Å². The third-order valence-electron chi connectivity index (χ3n) is 6.35. The first-order valence-electron chi connectivity index (χ1n) is 11.5. The molecule has 3 aromatic heterocycles. The number of piperazine rings is 1. The van der Waals surface area contributed by atoms with Crippen LogP contribution < -0.4 is 20.4 Å². The predicted octanol–water partition coefficient (Wildman–Crippen LogP) is 3.00. The van der Waals surface area contributed by atoms with E-state index in [2.05, 4.69) is 36.6 Å². The molecule has 1 aliphatic carbocycles. The molecule has 2 N–H and O–H groups in total. The van der Waals surface area contributed by atoms with Crippen molar-refractivity contribution >= 4 is 29.0 Å². The highest BCUT2D eigenvalue weighted by atomic mass is 16.2. The van der Waals surface area contributed by atoms with E-state index < -0.39 is 0 Å². The van der Waals surface area contributed by atoms with Gasteiger partial charge in [-0.15, -0.1) is 0 Å². The highest BCUT2D eigenvalue weighted by Gasteiger charge is 2.46. The Morgan fingerprint density at radius 3 is 2.84 bits per heavy atom. The van der Waals surface area contributed by atoms with E-state index in [-0.39, 0.29) is 6.03 Å². The molecule has 32 heavy (non-hydrogen) atoms. The van der Waals surface area contributed by atoms with Gasteiger partial charge < -0.3 is 15.5 Å². The zero-order valence-corrected chi connectivity index (χ0v) is 18.9. The molecule has 1 saturated carbocycles. The van der Waals surface area contributed by atoms with Crippen molar-refractivity contribution in [2.24, 2.45) is 0 Å². The molecule has 9 nitrogen and oxygen atoms in total. The van der Waals surface area contributed by atoms with Gasteiger partial charge in [0.1, 0.15) is 5.82 Å². The van der Waals surface area contributed by atoms with E-state index >= 15 is 0 Å². The second-order valence-corrected chi connectivity index (χ2v) is 8.52. The molecule has 1 spiro atoms. The van der Waals surface area contributed by atoms with Crippen molar-refractivity contribution in [3.05, 3.63) is 42.1 Å². The van der Waals surface area contributed by atoms with Crippen molar-refractivity contribution in [3.63, 3.8) is 0 Å². The second-order valence-electron chi connectivity index (χ2n) is 8.52. The number of carbonyl (C=O) groups excluding carboxylic acids is 1. The molecular formula is C23H30N8O. The molecule has 168 valence electrons. The number of fused-ring (bicyclic) bond motifs is 2. The van der Waals surface area contributed by atoms with Crippen molar-refractivity contribution in [1.82, 2.24) is 24.7 Å². The summed E-state index contributed by atoms with van der Waals surface area (Å²) >= 11 is 0. The van der Waals surface area contributed by atoms with Gasteiger partial charge in [0.05, 0.1) is 17.6 Å². The number of pyridine rings is 1. The normalized spacial score (nSPS) is 18.3. The van der Waals surface area contributed by atoms with Crippen molar-refractivity contribution in [2.45, 2.75) is 45.6 Å². The van der Waals surface area contributed by atoms with E-state index in [4.69, 9.17) is 0 Å². The highest BCUT2D eigenvalue weighted by molar-refractivity contribution is 6.02. The Kier molecular flexibility index (Phi) is 5.21. The monoisotopic (exact) mass is 434 g/mol. The molecule has 3 aliphatic rings. The number of hydrogen-bond acceptors (Lipinski definition) is 6. The molecule has 5 heterocycles. The Morgan fingerprint density at radius 2 is 2.03 bits per heavy atom. The van der Waals surface area contributed by atoms with Crippen LogP contribution in [0.5, 0.6) is 0 Å². The van der Waals surface area contributed by atoms with Crippen LogP contribution in [0, 0.1) is 6.92 Å². The molecule has 2 aliphatic heterocycles. The number of hydrogen-bond donors (Lipinski definition) is 2. The number of urea groups is 1. The molecular weight excluding hydrogens is 404 g/mol. The van der Waals surface area contributed by atoms with Gasteiger partial charge in [0.2, 0.25) is 5.78 Å². The van der Waals surface area contributed by atoms with Gasteiger partial charge in [-0.05, 0) is 32.3 Å². The Morgan fingerprint density at radius 1 is 1.19 bits per heavy atom. The first-order valence-corrected chi connectivity index (χ1v) is 11.5. The summed E-state index contributed by atoms with van der Waals surface area (Å²) in [5.41, 5.74) is 4.22. The van der Waals surface area contributed by atoms with Crippen LogP contribution in [0.2, 0.25) is 0 Å². The molecule has 2 fully saturated rings. The quantitative estimate of drug-likeness (QED) is 0.644. The SMILES string of the molecule is CC.Cc1cn2cc(NC(=O)N3CCc4c(N5CCNC6(CC6)C5)ccnc43)cnc2n1. The number of nitrogens with zero attached hydrogens (tertiary/aromatic N) is 6. The largest absolute Gasteiger partial charge is 0.368 e. The third kappa shape index (κ3) is 3.66. The van der Waals surface area contributed by atoms with Crippen molar-refractivity contribution in [3.8, 4) is 0 Å². The minimum Gasteiger partial charge on any atom is -0.368 e. The summed E-state index contributed by atoms with van der Waals surface area (Å²) in [6.45, 7) is 9.57. The second kappa shape index (κ2) is 8.05. The lowest BCUT2D eigenvalue weighted by Crippen LogP contribution is -2.52. The zero-order chi connectivity index (χ0) is 22.3. The standard InChI is InChI=1S/C21H24N8O.C2H6/c1-14-11-28-12-15(10-23-19(28)25-14)26-20(30)29-8-3-16-17(2-6-22-18(16)29)27-9-7-24-21(13-27)4-5-21;1-2/h2,6,10-12,24H,3-5,7-9,13H2,1H3,(H,26,30);1-2H3. The van der Waals surface area contributed by atoms with Gasteiger partial charge in [-0.2, -0.15) is 0 Å². The smallest absolute Gasteiger partial charge is 0.327 e. The fourth-order valence-corrected chi connectivity index (χ4v) is 4.68. The first-order chi connectivity index (χ1) is 15.6. The number of imidazole rings is 1. The van der Waals surface area contributed by atoms with Crippen LogP contribution in [0.1, 0.15) is 37.9 Å². The number of aromatic nitrogens is 4.